The Morgan fingerprint density at radius 1 is 0.969 bits per heavy atom. The van der Waals surface area contributed by atoms with Crippen molar-refractivity contribution in [1.29, 1.82) is 0 Å². The molecule has 7 nitrogen and oxygen atoms in total. The van der Waals surface area contributed by atoms with Gasteiger partial charge in [0.2, 0.25) is 11.8 Å². The molecule has 3 amide bonds. The first-order valence-electron chi connectivity index (χ1n) is 10.4. The summed E-state index contributed by atoms with van der Waals surface area (Å²) in [5, 5.41) is 5.34. The van der Waals surface area contributed by atoms with Crippen LogP contribution in [0.2, 0.25) is 0 Å². The maximum atomic E-state index is 13.6. The predicted octanol–water partition coefficient (Wildman–Crippen LogP) is 2.18. The third kappa shape index (κ3) is 6.58. The van der Waals surface area contributed by atoms with Gasteiger partial charge in [-0.05, 0) is 31.2 Å². The van der Waals surface area contributed by atoms with Gasteiger partial charge in [-0.25, -0.2) is 8.78 Å². The predicted molar refractivity (Wildman–Crippen MR) is 116 cm³/mol. The van der Waals surface area contributed by atoms with Gasteiger partial charge in [-0.15, -0.1) is 0 Å². The molecule has 0 aliphatic carbocycles. The molecule has 0 saturated carbocycles. The van der Waals surface area contributed by atoms with Crippen LogP contribution in [0.3, 0.4) is 0 Å². The van der Waals surface area contributed by atoms with Gasteiger partial charge in [0.25, 0.3) is 5.91 Å². The zero-order valence-electron chi connectivity index (χ0n) is 17.9. The van der Waals surface area contributed by atoms with Crippen LogP contribution in [0.1, 0.15) is 22.3 Å². The number of halogens is 2. The average molecular weight is 444 g/mol. The van der Waals surface area contributed by atoms with Gasteiger partial charge in [0.05, 0.1) is 12.1 Å². The van der Waals surface area contributed by atoms with E-state index in [1.54, 1.807) is 4.90 Å². The van der Waals surface area contributed by atoms with Crippen LogP contribution < -0.4 is 10.6 Å². The first-order valence-corrected chi connectivity index (χ1v) is 10.4. The van der Waals surface area contributed by atoms with Crippen molar-refractivity contribution in [3.05, 3.63) is 65.2 Å². The molecule has 2 N–H and O–H groups in total. The largest absolute Gasteiger partial charge is 0.351 e. The first kappa shape index (κ1) is 23.3. The van der Waals surface area contributed by atoms with Crippen LogP contribution in [0.4, 0.5) is 14.5 Å². The number of hydrogen-bond donors (Lipinski definition) is 2. The highest BCUT2D eigenvalue weighted by Gasteiger charge is 2.22. The van der Waals surface area contributed by atoms with Crippen molar-refractivity contribution < 1.29 is 23.2 Å². The lowest BCUT2D eigenvalue weighted by atomic mass is 10.2. The van der Waals surface area contributed by atoms with E-state index in [0.717, 1.165) is 23.4 Å². The van der Waals surface area contributed by atoms with E-state index in [4.69, 9.17) is 0 Å². The van der Waals surface area contributed by atoms with Gasteiger partial charge in [0.1, 0.15) is 11.6 Å². The number of carbonyl (C=O) groups is 3. The smallest absolute Gasteiger partial charge is 0.254 e. The Morgan fingerprint density at radius 3 is 2.31 bits per heavy atom. The van der Waals surface area contributed by atoms with Crippen molar-refractivity contribution in [3.8, 4) is 0 Å². The summed E-state index contributed by atoms with van der Waals surface area (Å²) in [6.45, 7) is 4.38. The molecule has 1 saturated heterocycles. The first-order chi connectivity index (χ1) is 15.3. The summed E-state index contributed by atoms with van der Waals surface area (Å²) in [7, 11) is 0. The highest BCUT2D eigenvalue weighted by molar-refractivity contribution is 5.94. The standard InChI is InChI=1S/C23H26F2N4O3/c1-16-2-5-18(6-3-16)27-21(30)15-28-10-12-29(13-11-28)22(31)8-9-26-23(32)19-7-4-17(24)14-20(19)25/h2-7,14H,8-13,15H2,1H3,(H,26,32)(H,27,30). The minimum Gasteiger partial charge on any atom is -0.351 e. The van der Waals surface area contributed by atoms with Crippen molar-refractivity contribution in [2.75, 3.05) is 44.6 Å². The molecule has 0 bridgehead atoms. The Kier molecular flexibility index (Phi) is 7.88. The SMILES string of the molecule is Cc1ccc(NC(=O)CN2CCN(C(=O)CCNC(=O)c3ccc(F)cc3F)CC2)cc1. The van der Waals surface area contributed by atoms with Gasteiger partial charge >= 0.3 is 0 Å². The summed E-state index contributed by atoms with van der Waals surface area (Å²) in [5.41, 5.74) is 1.60. The quantitative estimate of drug-likeness (QED) is 0.686. The van der Waals surface area contributed by atoms with Crippen molar-refractivity contribution in [2.24, 2.45) is 0 Å². The van der Waals surface area contributed by atoms with Crippen LogP contribution in [0.5, 0.6) is 0 Å². The summed E-state index contributed by atoms with van der Waals surface area (Å²) in [5.74, 6) is -2.64. The second-order valence-electron chi connectivity index (χ2n) is 7.70. The summed E-state index contributed by atoms with van der Waals surface area (Å²) in [4.78, 5) is 40.2. The normalized spacial score (nSPS) is 14.2. The molecule has 2 aromatic rings. The van der Waals surface area contributed by atoms with Gasteiger partial charge in [-0.2, -0.15) is 0 Å². The molecule has 9 heteroatoms. The van der Waals surface area contributed by atoms with Crippen LogP contribution in [0.25, 0.3) is 0 Å². The van der Waals surface area contributed by atoms with Crippen molar-refractivity contribution in [2.45, 2.75) is 13.3 Å². The summed E-state index contributed by atoms with van der Waals surface area (Å²) in [6.07, 6.45) is 0.0719. The molecule has 3 rings (SSSR count). The number of amides is 3. The number of benzene rings is 2. The minimum absolute atomic E-state index is 0.0493. The molecule has 0 radical (unpaired) electrons. The lowest BCUT2D eigenvalue weighted by Crippen LogP contribution is -2.50. The Balaban J connectivity index is 1.36. The third-order valence-electron chi connectivity index (χ3n) is 5.23. The van der Waals surface area contributed by atoms with E-state index in [0.29, 0.717) is 32.2 Å². The topological polar surface area (TPSA) is 81.8 Å². The van der Waals surface area contributed by atoms with Gasteiger partial charge in [0, 0.05) is 50.9 Å². The van der Waals surface area contributed by atoms with Crippen molar-refractivity contribution >= 4 is 23.4 Å². The van der Waals surface area contributed by atoms with Crippen LogP contribution in [0, 0.1) is 18.6 Å². The van der Waals surface area contributed by atoms with E-state index < -0.39 is 17.5 Å². The van der Waals surface area contributed by atoms with Gasteiger partial charge in [-0.3, -0.25) is 19.3 Å². The molecule has 32 heavy (non-hydrogen) atoms. The number of anilines is 1. The van der Waals surface area contributed by atoms with Crippen LogP contribution in [0.15, 0.2) is 42.5 Å². The number of carbonyl (C=O) groups excluding carboxylic acids is 3. The number of aryl methyl sites for hydroxylation is 1. The van der Waals surface area contributed by atoms with E-state index >= 15 is 0 Å². The van der Waals surface area contributed by atoms with Gasteiger partial charge in [0.15, 0.2) is 0 Å². The molecule has 1 fully saturated rings. The molecule has 0 spiro atoms. The molecule has 1 aliphatic heterocycles. The molecule has 170 valence electrons. The second-order valence-corrected chi connectivity index (χ2v) is 7.70. The van der Waals surface area contributed by atoms with Gasteiger partial charge < -0.3 is 15.5 Å². The lowest BCUT2D eigenvalue weighted by molar-refractivity contribution is -0.132. The van der Waals surface area contributed by atoms with Gasteiger partial charge in [-0.1, -0.05) is 17.7 Å². The number of nitrogens with one attached hydrogen (secondary N) is 2. The molecule has 0 atom stereocenters. The average Bonchev–Trinajstić information content (AvgIpc) is 2.75. The van der Waals surface area contributed by atoms with Crippen LogP contribution in [-0.4, -0.2) is 66.8 Å². The fourth-order valence-electron chi connectivity index (χ4n) is 3.41. The summed E-state index contributed by atoms with van der Waals surface area (Å²) < 4.78 is 26.6. The molecular weight excluding hydrogens is 418 g/mol. The molecule has 1 heterocycles. The van der Waals surface area contributed by atoms with E-state index in [9.17, 15) is 23.2 Å². The highest BCUT2D eigenvalue weighted by Crippen LogP contribution is 2.11. The third-order valence-corrected chi connectivity index (χ3v) is 5.23. The second kappa shape index (κ2) is 10.8. The van der Waals surface area contributed by atoms with E-state index in [-0.39, 0.29) is 36.9 Å². The Morgan fingerprint density at radius 2 is 1.66 bits per heavy atom. The highest BCUT2D eigenvalue weighted by atomic mass is 19.1. The number of piperazine rings is 1. The Hall–Kier alpha value is -3.33. The zero-order valence-corrected chi connectivity index (χ0v) is 17.9. The minimum atomic E-state index is -0.948. The zero-order chi connectivity index (χ0) is 23.1. The van der Waals surface area contributed by atoms with Crippen LogP contribution >= 0.6 is 0 Å². The van der Waals surface area contributed by atoms with Crippen LogP contribution in [-0.2, 0) is 9.59 Å². The molecule has 1 aliphatic rings. The number of rotatable bonds is 7. The van der Waals surface area contributed by atoms with E-state index in [1.165, 1.54) is 0 Å². The van der Waals surface area contributed by atoms with Crippen molar-refractivity contribution in [3.63, 3.8) is 0 Å². The Bertz CT molecular complexity index is 974. The lowest BCUT2D eigenvalue weighted by Gasteiger charge is -2.34. The maximum absolute atomic E-state index is 13.6. The number of hydrogen-bond acceptors (Lipinski definition) is 4. The fraction of sp³-hybridized carbons (Fsp3) is 0.348. The molecular formula is C23H26F2N4O3. The summed E-state index contributed by atoms with van der Waals surface area (Å²) >= 11 is 0. The molecule has 0 unspecified atom stereocenters. The monoisotopic (exact) mass is 444 g/mol. The van der Waals surface area contributed by atoms with E-state index in [1.807, 2.05) is 36.1 Å². The Labute approximate surface area is 185 Å². The van der Waals surface area contributed by atoms with Crippen molar-refractivity contribution in [1.82, 2.24) is 15.1 Å². The number of nitrogens with zero attached hydrogens (tertiary/aromatic N) is 2. The van der Waals surface area contributed by atoms with E-state index in [2.05, 4.69) is 10.6 Å². The molecule has 2 aromatic carbocycles. The summed E-state index contributed by atoms with van der Waals surface area (Å²) in [6, 6.07) is 10.3. The molecule has 0 aromatic heterocycles. The maximum Gasteiger partial charge on any atom is 0.254 e. The fourth-order valence-corrected chi connectivity index (χ4v) is 3.41.